The molecule has 0 aliphatic heterocycles. The Hall–Kier alpha value is -2.30. The van der Waals surface area contributed by atoms with Gasteiger partial charge in [0.25, 0.3) is 0 Å². The first kappa shape index (κ1) is 11.2. The lowest BCUT2D eigenvalue weighted by Gasteiger charge is -2.09. The number of phenolic OH excluding ortho intramolecular Hbond substituents is 1. The summed E-state index contributed by atoms with van der Waals surface area (Å²) < 4.78 is 1.68. The normalized spacial score (nSPS) is 10.2. The van der Waals surface area contributed by atoms with Gasteiger partial charge in [-0.2, -0.15) is 5.10 Å². The monoisotopic (exact) mass is 230 g/mol. The smallest absolute Gasteiger partial charge is 0.120 e. The van der Waals surface area contributed by atoms with E-state index in [4.69, 9.17) is 5.41 Å². The van der Waals surface area contributed by atoms with Gasteiger partial charge < -0.3 is 15.8 Å². The van der Waals surface area contributed by atoms with Crippen molar-refractivity contribution in [3.63, 3.8) is 0 Å². The predicted octanol–water partition coefficient (Wildman–Crippen LogP) is 2.18. The van der Waals surface area contributed by atoms with Crippen LogP contribution in [0.1, 0.15) is 11.1 Å². The van der Waals surface area contributed by atoms with E-state index in [2.05, 4.69) is 10.4 Å². The summed E-state index contributed by atoms with van der Waals surface area (Å²) in [6.07, 6.45) is 4.76. The van der Waals surface area contributed by atoms with Crippen LogP contribution in [0.15, 0.2) is 24.5 Å². The summed E-state index contributed by atoms with van der Waals surface area (Å²) in [7, 11) is 1.83. The van der Waals surface area contributed by atoms with Gasteiger partial charge >= 0.3 is 0 Å². The zero-order chi connectivity index (χ0) is 12.4. The lowest BCUT2D eigenvalue weighted by molar-refractivity contribution is 0.471. The largest absolute Gasteiger partial charge is 0.508 e. The Labute approximate surface area is 99.2 Å². The Balaban J connectivity index is 2.37. The van der Waals surface area contributed by atoms with Crippen molar-refractivity contribution in [2.75, 3.05) is 5.32 Å². The average Bonchev–Trinajstić information content (AvgIpc) is 2.69. The Bertz CT molecular complexity index is 560. The summed E-state index contributed by atoms with van der Waals surface area (Å²) >= 11 is 0. The third-order valence-electron chi connectivity index (χ3n) is 2.51. The van der Waals surface area contributed by atoms with Crippen molar-refractivity contribution in [2.24, 2.45) is 7.05 Å². The van der Waals surface area contributed by atoms with Crippen LogP contribution in [0.25, 0.3) is 0 Å². The molecule has 0 spiro atoms. The van der Waals surface area contributed by atoms with Gasteiger partial charge in [0.1, 0.15) is 5.75 Å². The van der Waals surface area contributed by atoms with Crippen molar-refractivity contribution >= 4 is 17.6 Å². The van der Waals surface area contributed by atoms with Crippen molar-refractivity contribution in [3.05, 3.63) is 35.7 Å². The van der Waals surface area contributed by atoms with E-state index < -0.39 is 0 Å². The molecule has 0 aliphatic rings. The second-order valence-electron chi connectivity index (χ2n) is 3.90. The second kappa shape index (κ2) is 4.29. The van der Waals surface area contributed by atoms with Crippen molar-refractivity contribution in [1.82, 2.24) is 9.78 Å². The third kappa shape index (κ3) is 2.28. The molecule has 0 amide bonds. The van der Waals surface area contributed by atoms with Gasteiger partial charge in [0.2, 0.25) is 0 Å². The molecule has 0 atom stereocenters. The third-order valence-corrected chi connectivity index (χ3v) is 2.51. The molecular weight excluding hydrogens is 216 g/mol. The molecule has 3 N–H and O–H groups in total. The minimum atomic E-state index is 0.210. The Morgan fingerprint density at radius 2 is 2.24 bits per heavy atom. The van der Waals surface area contributed by atoms with Crippen LogP contribution in [0.5, 0.6) is 5.75 Å². The first-order valence-electron chi connectivity index (χ1n) is 5.20. The molecule has 0 aliphatic carbocycles. The number of aromatic hydroxyl groups is 1. The van der Waals surface area contributed by atoms with Crippen molar-refractivity contribution in [2.45, 2.75) is 6.92 Å². The van der Waals surface area contributed by atoms with E-state index in [1.807, 2.05) is 13.2 Å². The van der Waals surface area contributed by atoms with Crippen LogP contribution in [0.3, 0.4) is 0 Å². The highest BCUT2D eigenvalue weighted by molar-refractivity contribution is 5.88. The molecule has 0 radical (unpaired) electrons. The highest BCUT2D eigenvalue weighted by Gasteiger charge is 2.06. The summed E-state index contributed by atoms with van der Waals surface area (Å²) in [4.78, 5) is 0. The minimum absolute atomic E-state index is 0.210. The van der Waals surface area contributed by atoms with E-state index in [0.29, 0.717) is 5.69 Å². The zero-order valence-electron chi connectivity index (χ0n) is 9.73. The summed E-state index contributed by atoms with van der Waals surface area (Å²) in [5.41, 5.74) is 2.99. The molecule has 5 nitrogen and oxygen atoms in total. The number of anilines is 2. The van der Waals surface area contributed by atoms with E-state index in [1.165, 1.54) is 6.21 Å². The Morgan fingerprint density at radius 1 is 1.47 bits per heavy atom. The number of phenols is 1. The molecule has 88 valence electrons. The second-order valence-corrected chi connectivity index (χ2v) is 3.90. The molecule has 2 aromatic rings. The van der Waals surface area contributed by atoms with Crippen LogP contribution in [0.2, 0.25) is 0 Å². The van der Waals surface area contributed by atoms with Gasteiger partial charge in [0.15, 0.2) is 0 Å². The van der Waals surface area contributed by atoms with Crippen LogP contribution in [0.4, 0.5) is 11.4 Å². The van der Waals surface area contributed by atoms with Crippen LogP contribution in [0, 0.1) is 12.3 Å². The van der Waals surface area contributed by atoms with Crippen molar-refractivity contribution in [1.29, 1.82) is 5.41 Å². The number of benzene rings is 1. The molecule has 0 saturated carbocycles. The minimum Gasteiger partial charge on any atom is -0.508 e. The van der Waals surface area contributed by atoms with Crippen LogP contribution < -0.4 is 5.32 Å². The lowest BCUT2D eigenvalue weighted by Crippen LogP contribution is -1.95. The molecule has 0 unspecified atom stereocenters. The molecule has 1 heterocycles. The molecule has 5 heteroatoms. The standard InChI is InChI=1S/C12H14N4O/c1-8-3-9(5-13)11(4-12(8)17)15-10-6-14-16(2)7-10/h3-7,13,15,17H,1-2H3. The van der Waals surface area contributed by atoms with Crippen LogP contribution >= 0.6 is 0 Å². The van der Waals surface area contributed by atoms with Gasteiger partial charge in [0, 0.05) is 31.1 Å². The molecule has 17 heavy (non-hydrogen) atoms. The quantitative estimate of drug-likeness (QED) is 0.707. The number of aryl methyl sites for hydroxylation is 2. The maximum atomic E-state index is 9.67. The van der Waals surface area contributed by atoms with Gasteiger partial charge in [-0.05, 0) is 18.6 Å². The maximum Gasteiger partial charge on any atom is 0.120 e. The van der Waals surface area contributed by atoms with E-state index in [0.717, 1.165) is 16.8 Å². The molecule has 0 bridgehead atoms. The van der Waals surface area contributed by atoms with E-state index in [1.54, 1.807) is 29.9 Å². The summed E-state index contributed by atoms with van der Waals surface area (Å²) in [6, 6.07) is 3.38. The number of hydrogen-bond donors (Lipinski definition) is 3. The van der Waals surface area contributed by atoms with Gasteiger partial charge in [0.05, 0.1) is 17.6 Å². The predicted molar refractivity (Wildman–Crippen MR) is 67.2 cm³/mol. The molecule has 0 fully saturated rings. The van der Waals surface area contributed by atoms with Gasteiger partial charge in [-0.15, -0.1) is 0 Å². The van der Waals surface area contributed by atoms with E-state index in [9.17, 15) is 5.11 Å². The summed E-state index contributed by atoms with van der Waals surface area (Å²) in [5.74, 6) is 0.210. The van der Waals surface area contributed by atoms with Crippen molar-refractivity contribution in [3.8, 4) is 5.75 Å². The van der Waals surface area contributed by atoms with E-state index in [-0.39, 0.29) is 5.75 Å². The van der Waals surface area contributed by atoms with Crippen LogP contribution in [-0.4, -0.2) is 21.1 Å². The average molecular weight is 230 g/mol. The van der Waals surface area contributed by atoms with Crippen molar-refractivity contribution < 1.29 is 5.11 Å². The number of nitrogens with zero attached hydrogens (tertiary/aromatic N) is 2. The van der Waals surface area contributed by atoms with Gasteiger partial charge in [-0.3, -0.25) is 4.68 Å². The molecule has 2 rings (SSSR count). The number of nitrogens with one attached hydrogen (secondary N) is 2. The molecular formula is C12H14N4O. The Morgan fingerprint density at radius 3 is 2.82 bits per heavy atom. The summed E-state index contributed by atoms with van der Waals surface area (Å²) in [6.45, 7) is 1.80. The Kier molecular flexibility index (Phi) is 2.82. The fraction of sp³-hybridized carbons (Fsp3) is 0.167. The first-order chi connectivity index (χ1) is 8.10. The molecule has 1 aromatic carbocycles. The van der Waals surface area contributed by atoms with Gasteiger partial charge in [-0.1, -0.05) is 0 Å². The topological polar surface area (TPSA) is 73.9 Å². The number of aromatic nitrogens is 2. The lowest BCUT2D eigenvalue weighted by atomic mass is 10.1. The highest BCUT2D eigenvalue weighted by atomic mass is 16.3. The SMILES string of the molecule is Cc1cc(C=N)c(Nc2cnn(C)c2)cc1O. The maximum absolute atomic E-state index is 9.67. The fourth-order valence-corrected chi connectivity index (χ4v) is 1.59. The number of rotatable bonds is 3. The highest BCUT2D eigenvalue weighted by Crippen LogP contribution is 2.27. The fourth-order valence-electron chi connectivity index (χ4n) is 1.59. The van der Waals surface area contributed by atoms with E-state index >= 15 is 0 Å². The van der Waals surface area contributed by atoms with Gasteiger partial charge in [-0.25, -0.2) is 0 Å². The molecule has 0 saturated heterocycles. The zero-order valence-corrected chi connectivity index (χ0v) is 9.73. The van der Waals surface area contributed by atoms with Crippen LogP contribution in [-0.2, 0) is 7.05 Å². The number of hydrogen-bond acceptors (Lipinski definition) is 4. The molecule has 1 aromatic heterocycles. The summed E-state index contributed by atoms with van der Waals surface area (Å²) in [5, 5.41) is 24.2. The first-order valence-corrected chi connectivity index (χ1v) is 5.20.